The van der Waals surface area contributed by atoms with Crippen molar-refractivity contribution in [3.05, 3.63) is 0 Å². The third kappa shape index (κ3) is 5.59. The number of carbonyl (C=O) groups is 2. The van der Waals surface area contributed by atoms with Crippen molar-refractivity contribution in [3.8, 4) is 0 Å². The maximum Gasteiger partial charge on any atom is 0.229 e. The lowest BCUT2D eigenvalue weighted by Gasteiger charge is -2.49. The summed E-state index contributed by atoms with van der Waals surface area (Å²) in [5, 5.41) is 6.11. The molecule has 31 heavy (non-hydrogen) atoms. The molecule has 180 valence electrons. The normalized spacial score (nSPS) is 29.4. The van der Waals surface area contributed by atoms with Crippen LogP contribution < -0.4 is 10.6 Å². The number of thioether (sulfide) groups is 1. The zero-order valence-corrected chi connectivity index (χ0v) is 24.3. The van der Waals surface area contributed by atoms with E-state index in [9.17, 15) is 9.59 Å². The SMILES string of the molecule is C[C@@H](O[Si](C)(C)C(C)(C)C)[C@H]1C(=O)N[C@@H]1S[C@H]1NC(=O)[C@@H]1[C@@H](C)O[Si](C)(C)C(C)(C)C. The summed E-state index contributed by atoms with van der Waals surface area (Å²) in [7, 11) is -3.94. The van der Waals surface area contributed by atoms with Crippen LogP contribution in [-0.4, -0.2) is 51.4 Å². The Hall–Kier alpha value is -0.356. The molecule has 0 aromatic rings. The second-order valence-electron chi connectivity index (χ2n) is 12.2. The van der Waals surface area contributed by atoms with Gasteiger partial charge in [-0.15, -0.1) is 11.8 Å². The highest BCUT2D eigenvalue weighted by atomic mass is 32.2. The van der Waals surface area contributed by atoms with Gasteiger partial charge >= 0.3 is 0 Å². The van der Waals surface area contributed by atoms with Gasteiger partial charge in [-0.2, -0.15) is 0 Å². The first-order valence-electron chi connectivity index (χ1n) is 11.4. The summed E-state index contributed by atoms with van der Waals surface area (Å²) in [5.41, 5.74) is 0. The summed E-state index contributed by atoms with van der Waals surface area (Å²) in [5.74, 6) is -0.323. The van der Waals surface area contributed by atoms with E-state index in [4.69, 9.17) is 8.85 Å². The molecule has 2 fully saturated rings. The molecule has 0 saturated carbocycles. The van der Waals surface area contributed by atoms with Gasteiger partial charge in [0.2, 0.25) is 11.8 Å². The Morgan fingerprint density at radius 3 is 1.26 bits per heavy atom. The molecule has 6 atom stereocenters. The molecule has 2 heterocycles. The fourth-order valence-electron chi connectivity index (χ4n) is 3.48. The van der Waals surface area contributed by atoms with Gasteiger partial charge in [0.05, 0.1) is 34.8 Å². The lowest BCUT2D eigenvalue weighted by atomic mass is 9.95. The number of rotatable bonds is 8. The molecule has 0 aliphatic carbocycles. The molecule has 2 amide bonds. The number of nitrogens with one attached hydrogen (secondary N) is 2. The van der Waals surface area contributed by atoms with E-state index in [1.807, 2.05) is 13.8 Å². The Kier molecular flexibility index (Phi) is 7.61. The first-order valence-corrected chi connectivity index (χ1v) is 18.2. The van der Waals surface area contributed by atoms with Gasteiger partial charge in [0.25, 0.3) is 0 Å². The minimum absolute atomic E-state index is 0.0384. The predicted molar refractivity (Wildman–Crippen MR) is 134 cm³/mol. The lowest BCUT2D eigenvalue weighted by molar-refractivity contribution is -0.136. The average Bonchev–Trinajstić information content (AvgIpc) is 2.49. The zero-order chi connectivity index (χ0) is 24.2. The molecule has 2 aliphatic heterocycles. The average molecular weight is 489 g/mol. The predicted octanol–water partition coefficient (Wildman–Crippen LogP) is 4.68. The van der Waals surface area contributed by atoms with Crippen molar-refractivity contribution in [2.24, 2.45) is 11.8 Å². The van der Waals surface area contributed by atoms with Crippen molar-refractivity contribution in [3.63, 3.8) is 0 Å². The second-order valence-corrected chi connectivity index (χ2v) is 23.0. The maximum absolute atomic E-state index is 12.4. The van der Waals surface area contributed by atoms with Crippen molar-refractivity contribution in [1.29, 1.82) is 0 Å². The first kappa shape index (κ1) is 26.9. The van der Waals surface area contributed by atoms with Gasteiger partial charge in [0.1, 0.15) is 0 Å². The zero-order valence-electron chi connectivity index (χ0n) is 21.5. The summed E-state index contributed by atoms with van der Waals surface area (Å²) in [6.07, 6.45) is -0.301. The van der Waals surface area contributed by atoms with Crippen LogP contribution in [-0.2, 0) is 18.4 Å². The van der Waals surface area contributed by atoms with Crippen LogP contribution in [0.3, 0.4) is 0 Å². The minimum Gasteiger partial charge on any atom is -0.413 e. The van der Waals surface area contributed by atoms with Crippen LogP contribution in [0, 0.1) is 11.8 Å². The van der Waals surface area contributed by atoms with Gasteiger partial charge in [0.15, 0.2) is 16.6 Å². The molecule has 0 unspecified atom stereocenters. The molecular formula is C22H44N2O4SSi2. The summed E-state index contributed by atoms with van der Waals surface area (Å²) >= 11 is 1.63. The second kappa shape index (κ2) is 8.78. The molecule has 0 radical (unpaired) electrons. The Morgan fingerprint density at radius 1 is 0.742 bits per heavy atom. The topological polar surface area (TPSA) is 76.7 Å². The Labute approximate surface area is 195 Å². The third-order valence-corrected chi connectivity index (χ3v) is 18.3. The van der Waals surface area contributed by atoms with Crippen LogP contribution in [0.4, 0.5) is 0 Å². The van der Waals surface area contributed by atoms with Crippen LogP contribution in [0.2, 0.25) is 36.3 Å². The van der Waals surface area contributed by atoms with Gasteiger partial charge in [-0.3, -0.25) is 9.59 Å². The van der Waals surface area contributed by atoms with Gasteiger partial charge < -0.3 is 19.5 Å². The van der Waals surface area contributed by atoms with Crippen LogP contribution in [0.25, 0.3) is 0 Å². The summed E-state index contributed by atoms with van der Waals surface area (Å²) in [4.78, 5) is 24.8. The van der Waals surface area contributed by atoms with E-state index in [0.717, 1.165) is 0 Å². The quantitative estimate of drug-likeness (QED) is 0.383. The number of carbonyl (C=O) groups excluding carboxylic acids is 2. The van der Waals surface area contributed by atoms with E-state index in [1.165, 1.54) is 0 Å². The Morgan fingerprint density at radius 2 is 1.03 bits per heavy atom. The molecule has 2 N–H and O–H groups in total. The van der Waals surface area contributed by atoms with E-state index < -0.39 is 16.6 Å². The van der Waals surface area contributed by atoms with E-state index in [-0.39, 0.29) is 56.7 Å². The van der Waals surface area contributed by atoms with Crippen molar-refractivity contribution < 1.29 is 18.4 Å². The molecule has 0 aromatic heterocycles. The smallest absolute Gasteiger partial charge is 0.229 e. The van der Waals surface area contributed by atoms with Crippen LogP contribution in [0.1, 0.15) is 55.4 Å². The highest BCUT2D eigenvalue weighted by Crippen LogP contribution is 2.44. The Balaban J connectivity index is 2.02. The van der Waals surface area contributed by atoms with E-state index in [0.29, 0.717) is 0 Å². The van der Waals surface area contributed by atoms with Gasteiger partial charge in [-0.05, 0) is 50.1 Å². The first-order chi connectivity index (χ1) is 13.8. The largest absolute Gasteiger partial charge is 0.413 e. The van der Waals surface area contributed by atoms with Crippen LogP contribution in [0.15, 0.2) is 0 Å². The van der Waals surface area contributed by atoms with Gasteiger partial charge in [0, 0.05) is 0 Å². The van der Waals surface area contributed by atoms with Gasteiger partial charge in [-0.1, -0.05) is 41.5 Å². The monoisotopic (exact) mass is 488 g/mol. The van der Waals surface area contributed by atoms with Crippen molar-refractivity contribution in [2.45, 2.75) is 115 Å². The molecule has 0 aromatic carbocycles. The lowest BCUT2D eigenvalue weighted by Crippen LogP contribution is -2.67. The van der Waals surface area contributed by atoms with Crippen molar-refractivity contribution >= 4 is 40.2 Å². The number of amides is 2. The molecule has 2 saturated heterocycles. The molecule has 6 nitrogen and oxygen atoms in total. The van der Waals surface area contributed by atoms with Crippen LogP contribution in [0.5, 0.6) is 0 Å². The number of hydrogen-bond donors (Lipinski definition) is 2. The highest BCUT2D eigenvalue weighted by Gasteiger charge is 2.53. The standard InChI is InChI=1S/C22H44N2O4SSi2/c1-13(27-30(9,10)21(3,4)5)15-17(25)23-19(15)29-20-16(18(26)24-20)14(2)28-31(11,12)22(6,7)8/h13-16,19-20H,1-12H3,(H,23,25)(H,24,26)/t13-,14-,15+,16+,19-,20-/m1/s1. The van der Waals surface area contributed by atoms with E-state index >= 15 is 0 Å². The number of β-lactam (4-membered cyclic amide) rings is 2. The van der Waals surface area contributed by atoms with Gasteiger partial charge in [-0.25, -0.2) is 0 Å². The molecule has 2 aliphatic rings. The molecule has 0 bridgehead atoms. The molecule has 2 rings (SSSR count). The van der Waals surface area contributed by atoms with Crippen LogP contribution >= 0.6 is 11.8 Å². The Bertz CT molecular complexity index is 645. The van der Waals surface area contributed by atoms with Crippen molar-refractivity contribution in [2.75, 3.05) is 0 Å². The summed E-state index contributed by atoms with van der Waals surface area (Å²) in [6, 6.07) is 0. The fourth-order valence-corrected chi connectivity index (χ4v) is 8.05. The summed E-state index contributed by atoms with van der Waals surface area (Å²) < 4.78 is 13.0. The van der Waals surface area contributed by atoms with E-state index in [2.05, 4.69) is 78.4 Å². The van der Waals surface area contributed by atoms with Crippen molar-refractivity contribution in [1.82, 2.24) is 10.6 Å². The fraction of sp³-hybridized carbons (Fsp3) is 0.909. The maximum atomic E-state index is 12.4. The molecular weight excluding hydrogens is 444 g/mol. The van der Waals surface area contributed by atoms with E-state index in [1.54, 1.807) is 11.8 Å². The third-order valence-electron chi connectivity index (χ3n) is 7.70. The summed E-state index contributed by atoms with van der Waals surface area (Å²) in [6.45, 7) is 26.1. The number of hydrogen-bond acceptors (Lipinski definition) is 5. The minimum atomic E-state index is -1.97. The molecule has 0 spiro atoms. The highest BCUT2D eigenvalue weighted by molar-refractivity contribution is 8.00. The molecule has 9 heteroatoms.